The molecule has 0 unspecified atom stereocenters. The Hall–Kier alpha value is -2.55. The van der Waals surface area contributed by atoms with Crippen LogP contribution in [-0.4, -0.2) is 18.4 Å². The molecule has 0 saturated heterocycles. The minimum absolute atomic E-state index is 0.715. The van der Waals surface area contributed by atoms with Gasteiger partial charge in [0.05, 0.1) is 12.8 Å². The second-order valence-corrected chi connectivity index (χ2v) is 5.26. The lowest BCUT2D eigenvalue weighted by atomic mass is 10.0. The summed E-state index contributed by atoms with van der Waals surface area (Å²) >= 11 is 0. The Morgan fingerprint density at radius 3 is 2.43 bits per heavy atom. The van der Waals surface area contributed by atoms with Crippen LogP contribution in [-0.2, 0) is 0 Å². The lowest BCUT2D eigenvalue weighted by molar-refractivity contribution is 0.112. The molecular formula is C18H17NO2. The van der Waals surface area contributed by atoms with Crippen LogP contribution in [0.5, 0.6) is 5.75 Å². The van der Waals surface area contributed by atoms with E-state index in [0.717, 1.165) is 39.8 Å². The minimum atomic E-state index is 0.715. The third-order valence-corrected chi connectivity index (χ3v) is 3.77. The number of carbonyl (C=O) groups is 1. The highest BCUT2D eigenvalue weighted by atomic mass is 16.5. The molecule has 2 aromatic carbocycles. The lowest BCUT2D eigenvalue weighted by Gasteiger charge is -2.03. The van der Waals surface area contributed by atoms with E-state index in [1.165, 1.54) is 5.56 Å². The second kappa shape index (κ2) is 5.09. The standard InChI is InChI=1S/C18H17NO2/c1-11-8-12(2)17-15(10-20)18(19-16(17)9-11)13-4-6-14(21-3)7-5-13/h4-10,19H,1-3H3. The normalized spacial score (nSPS) is 10.8. The van der Waals surface area contributed by atoms with Gasteiger partial charge >= 0.3 is 0 Å². The van der Waals surface area contributed by atoms with Crippen LogP contribution < -0.4 is 4.74 Å². The Kier molecular flexibility index (Phi) is 3.26. The first-order chi connectivity index (χ1) is 10.1. The van der Waals surface area contributed by atoms with Crippen molar-refractivity contribution in [3.8, 4) is 17.0 Å². The van der Waals surface area contributed by atoms with Crippen LogP contribution in [0.2, 0.25) is 0 Å². The van der Waals surface area contributed by atoms with Crippen molar-refractivity contribution in [1.29, 1.82) is 0 Å². The molecule has 0 atom stereocenters. The van der Waals surface area contributed by atoms with E-state index in [9.17, 15) is 4.79 Å². The summed E-state index contributed by atoms with van der Waals surface area (Å²) in [5.74, 6) is 0.800. The summed E-state index contributed by atoms with van der Waals surface area (Å²) in [5, 5.41) is 1.00. The monoisotopic (exact) mass is 279 g/mol. The van der Waals surface area contributed by atoms with E-state index in [2.05, 4.69) is 24.0 Å². The molecule has 0 amide bonds. The molecular weight excluding hydrogens is 262 g/mol. The van der Waals surface area contributed by atoms with E-state index in [0.29, 0.717) is 5.56 Å². The predicted molar refractivity (Wildman–Crippen MR) is 85.1 cm³/mol. The number of hydrogen-bond donors (Lipinski definition) is 1. The van der Waals surface area contributed by atoms with Gasteiger partial charge in [-0.2, -0.15) is 0 Å². The number of nitrogens with one attached hydrogen (secondary N) is 1. The van der Waals surface area contributed by atoms with Crippen LogP contribution in [0.4, 0.5) is 0 Å². The average molecular weight is 279 g/mol. The molecule has 0 aliphatic heterocycles. The molecule has 1 N–H and O–H groups in total. The molecule has 3 aromatic rings. The van der Waals surface area contributed by atoms with Gasteiger partial charge in [0.2, 0.25) is 0 Å². The fraction of sp³-hybridized carbons (Fsp3) is 0.167. The first-order valence-electron chi connectivity index (χ1n) is 6.86. The summed E-state index contributed by atoms with van der Waals surface area (Å²) < 4.78 is 5.18. The average Bonchev–Trinajstić information content (AvgIpc) is 2.85. The Morgan fingerprint density at radius 2 is 1.81 bits per heavy atom. The maximum absolute atomic E-state index is 11.6. The topological polar surface area (TPSA) is 42.1 Å². The molecule has 1 aromatic heterocycles. The highest BCUT2D eigenvalue weighted by Gasteiger charge is 2.14. The van der Waals surface area contributed by atoms with Crippen molar-refractivity contribution in [2.45, 2.75) is 13.8 Å². The van der Waals surface area contributed by atoms with Gasteiger partial charge in [0.1, 0.15) is 5.75 Å². The number of hydrogen-bond acceptors (Lipinski definition) is 2. The molecule has 0 saturated carbocycles. The Morgan fingerprint density at radius 1 is 1.10 bits per heavy atom. The van der Waals surface area contributed by atoms with Gasteiger partial charge in [-0.1, -0.05) is 6.07 Å². The van der Waals surface area contributed by atoms with Crippen molar-refractivity contribution in [2.24, 2.45) is 0 Å². The third kappa shape index (κ3) is 2.21. The summed E-state index contributed by atoms with van der Waals surface area (Å²) in [6.45, 7) is 4.09. The third-order valence-electron chi connectivity index (χ3n) is 3.77. The van der Waals surface area contributed by atoms with Crippen molar-refractivity contribution < 1.29 is 9.53 Å². The Bertz CT molecular complexity index is 813. The number of rotatable bonds is 3. The molecule has 106 valence electrons. The zero-order valence-electron chi connectivity index (χ0n) is 12.4. The molecule has 0 spiro atoms. The fourth-order valence-corrected chi connectivity index (χ4v) is 2.85. The van der Waals surface area contributed by atoms with Crippen LogP contribution in [0.25, 0.3) is 22.2 Å². The molecule has 3 nitrogen and oxygen atoms in total. The van der Waals surface area contributed by atoms with Crippen molar-refractivity contribution in [2.75, 3.05) is 7.11 Å². The lowest BCUT2D eigenvalue weighted by Crippen LogP contribution is -1.87. The van der Waals surface area contributed by atoms with Gasteiger partial charge in [0.25, 0.3) is 0 Å². The SMILES string of the molecule is COc1ccc(-c2[nH]c3cc(C)cc(C)c3c2C=O)cc1. The summed E-state index contributed by atoms with van der Waals surface area (Å²) in [6.07, 6.45) is 0.931. The van der Waals surface area contributed by atoms with Gasteiger partial charge in [0.15, 0.2) is 6.29 Å². The van der Waals surface area contributed by atoms with Crippen molar-refractivity contribution in [3.63, 3.8) is 0 Å². The van der Waals surface area contributed by atoms with E-state index in [4.69, 9.17) is 4.74 Å². The van der Waals surface area contributed by atoms with E-state index in [1.54, 1.807) is 7.11 Å². The molecule has 0 aliphatic carbocycles. The molecule has 21 heavy (non-hydrogen) atoms. The predicted octanol–water partition coefficient (Wildman–Crippen LogP) is 4.27. The van der Waals surface area contributed by atoms with Gasteiger partial charge in [-0.05, 0) is 60.9 Å². The van der Waals surface area contributed by atoms with Crippen molar-refractivity contribution >= 4 is 17.2 Å². The van der Waals surface area contributed by atoms with Crippen molar-refractivity contribution in [1.82, 2.24) is 4.98 Å². The summed E-state index contributed by atoms with van der Waals surface area (Å²) in [4.78, 5) is 15.0. The van der Waals surface area contributed by atoms with Gasteiger partial charge in [-0.25, -0.2) is 0 Å². The van der Waals surface area contributed by atoms with E-state index in [-0.39, 0.29) is 0 Å². The number of aromatic nitrogens is 1. The number of carbonyl (C=O) groups excluding carboxylic acids is 1. The van der Waals surface area contributed by atoms with Gasteiger partial charge in [-0.15, -0.1) is 0 Å². The number of aldehydes is 1. The van der Waals surface area contributed by atoms with E-state index >= 15 is 0 Å². The largest absolute Gasteiger partial charge is 0.497 e. The number of H-pyrrole nitrogens is 1. The Labute approximate surface area is 123 Å². The maximum atomic E-state index is 11.6. The highest BCUT2D eigenvalue weighted by molar-refractivity contribution is 6.06. The highest BCUT2D eigenvalue weighted by Crippen LogP contribution is 2.32. The molecule has 0 radical (unpaired) electrons. The fourth-order valence-electron chi connectivity index (χ4n) is 2.85. The molecule has 3 rings (SSSR count). The molecule has 1 heterocycles. The number of methoxy groups -OCH3 is 1. The quantitative estimate of drug-likeness (QED) is 0.727. The number of aryl methyl sites for hydroxylation is 2. The molecule has 0 bridgehead atoms. The summed E-state index contributed by atoms with van der Waals surface area (Å²) in [6, 6.07) is 11.9. The smallest absolute Gasteiger partial charge is 0.152 e. The van der Waals surface area contributed by atoms with Crippen molar-refractivity contribution in [3.05, 3.63) is 53.1 Å². The van der Waals surface area contributed by atoms with E-state index in [1.807, 2.05) is 31.2 Å². The first kappa shape index (κ1) is 13.4. The number of aromatic amines is 1. The van der Waals surface area contributed by atoms with Gasteiger partial charge in [-0.3, -0.25) is 4.79 Å². The maximum Gasteiger partial charge on any atom is 0.152 e. The van der Waals surface area contributed by atoms with E-state index < -0.39 is 0 Å². The van der Waals surface area contributed by atoms with Crippen LogP contribution in [0.15, 0.2) is 36.4 Å². The number of benzene rings is 2. The Balaban J connectivity index is 2.26. The van der Waals surface area contributed by atoms with Gasteiger partial charge in [0, 0.05) is 16.5 Å². The van der Waals surface area contributed by atoms with Crippen LogP contribution in [0.3, 0.4) is 0 Å². The number of ether oxygens (including phenoxy) is 1. The molecule has 3 heteroatoms. The summed E-state index contributed by atoms with van der Waals surface area (Å²) in [5.41, 5.74) is 5.85. The minimum Gasteiger partial charge on any atom is -0.497 e. The number of fused-ring (bicyclic) bond motifs is 1. The molecule has 0 fully saturated rings. The molecule has 0 aliphatic rings. The zero-order chi connectivity index (χ0) is 15.0. The second-order valence-electron chi connectivity index (χ2n) is 5.26. The summed E-state index contributed by atoms with van der Waals surface area (Å²) in [7, 11) is 1.64. The van der Waals surface area contributed by atoms with Crippen LogP contribution in [0, 0.1) is 13.8 Å². The van der Waals surface area contributed by atoms with Crippen LogP contribution >= 0.6 is 0 Å². The first-order valence-corrected chi connectivity index (χ1v) is 6.86. The van der Waals surface area contributed by atoms with Gasteiger partial charge < -0.3 is 9.72 Å². The van der Waals surface area contributed by atoms with Crippen LogP contribution in [0.1, 0.15) is 21.5 Å². The zero-order valence-corrected chi connectivity index (χ0v) is 12.4.